The maximum atomic E-state index is 15.8. The molecule has 2 amide bonds. The molecule has 1 fully saturated rings. The van der Waals surface area contributed by atoms with E-state index < -0.39 is 23.3 Å². The Bertz CT molecular complexity index is 1910. The third-order valence-corrected chi connectivity index (χ3v) is 8.89. The molecule has 242 valence electrons. The lowest BCUT2D eigenvalue weighted by atomic mass is 9.98. The van der Waals surface area contributed by atoms with Crippen LogP contribution in [0.2, 0.25) is 5.15 Å². The number of carbonyl (C=O) groups is 2. The first-order valence-electron chi connectivity index (χ1n) is 14.8. The number of halogens is 2. The fourth-order valence-corrected chi connectivity index (χ4v) is 6.59. The highest BCUT2D eigenvalue weighted by Gasteiger charge is 2.36. The molecular weight excluding hydrogens is 629 g/mol. The van der Waals surface area contributed by atoms with E-state index in [2.05, 4.69) is 15.0 Å². The van der Waals surface area contributed by atoms with Crippen LogP contribution in [0.5, 0.6) is 0 Å². The van der Waals surface area contributed by atoms with E-state index in [4.69, 9.17) is 16.6 Å². The van der Waals surface area contributed by atoms with Crippen molar-refractivity contribution in [2.75, 3.05) is 36.1 Å². The molecule has 2 N–H and O–H groups in total. The second-order valence-electron chi connectivity index (χ2n) is 12.2. The third-order valence-electron chi connectivity index (χ3n) is 8.29. The Kier molecular flexibility index (Phi) is 9.33. The zero-order valence-electron chi connectivity index (χ0n) is 26.9. The minimum atomic E-state index is -0.458. The number of hydrogen-bond donors (Lipinski definition) is 2. The summed E-state index contributed by atoms with van der Waals surface area (Å²) in [4.78, 5) is 51.4. The molecule has 1 atom stereocenters. The quantitative estimate of drug-likeness (QED) is 0.190. The van der Waals surface area contributed by atoms with Gasteiger partial charge in [0.15, 0.2) is 5.69 Å². The summed E-state index contributed by atoms with van der Waals surface area (Å²) in [6.07, 6.45) is 1.73. The molecule has 46 heavy (non-hydrogen) atoms. The van der Waals surface area contributed by atoms with E-state index in [1.54, 1.807) is 50.6 Å². The van der Waals surface area contributed by atoms with E-state index in [-0.39, 0.29) is 22.3 Å². The standard InChI is InChI=1S/C33H37ClFN7O3S/c1-18-14-22(19(2)36-25-9-11-27(34)37-29(25)31(44)39-46-7)28-23(15-18)32(45)40(6)30(38-28)21-8-10-26(24(35)16-21)41-12-13-42(20(3)43)33(4,5)17-41/h8-11,14-16,19,36H,12-13,17H2,1-7H3,(H,39,44). The number of aromatic nitrogens is 3. The second-order valence-corrected chi connectivity index (χ2v) is 13.2. The normalized spacial score (nSPS) is 15.2. The molecule has 13 heteroatoms. The summed E-state index contributed by atoms with van der Waals surface area (Å²) in [5.74, 6) is -0.531. The number of benzene rings is 2. The van der Waals surface area contributed by atoms with Crippen LogP contribution in [0.15, 0.2) is 47.3 Å². The predicted molar refractivity (Wildman–Crippen MR) is 183 cm³/mol. The van der Waals surface area contributed by atoms with E-state index in [1.807, 2.05) is 43.6 Å². The van der Waals surface area contributed by atoms with Gasteiger partial charge in [0.1, 0.15) is 16.8 Å². The van der Waals surface area contributed by atoms with Gasteiger partial charge >= 0.3 is 0 Å². The molecule has 1 aliphatic heterocycles. The van der Waals surface area contributed by atoms with Crippen molar-refractivity contribution in [3.63, 3.8) is 0 Å². The van der Waals surface area contributed by atoms with Crippen molar-refractivity contribution in [1.29, 1.82) is 0 Å². The number of anilines is 2. The van der Waals surface area contributed by atoms with Crippen molar-refractivity contribution in [3.8, 4) is 11.4 Å². The average molecular weight is 666 g/mol. The van der Waals surface area contributed by atoms with Crippen molar-refractivity contribution >= 4 is 57.6 Å². The Balaban J connectivity index is 1.54. The molecule has 0 saturated carbocycles. The molecule has 0 bridgehead atoms. The summed E-state index contributed by atoms with van der Waals surface area (Å²) in [5, 5.41) is 3.95. The summed E-state index contributed by atoms with van der Waals surface area (Å²) in [7, 11) is 1.62. The van der Waals surface area contributed by atoms with Gasteiger partial charge < -0.3 is 15.1 Å². The number of amides is 2. The monoisotopic (exact) mass is 665 g/mol. The molecule has 1 aliphatic rings. The van der Waals surface area contributed by atoms with Gasteiger partial charge in [-0.05, 0) is 69.7 Å². The van der Waals surface area contributed by atoms with Crippen LogP contribution in [-0.2, 0) is 11.8 Å². The van der Waals surface area contributed by atoms with Gasteiger partial charge in [-0.1, -0.05) is 29.6 Å². The number of nitrogens with one attached hydrogen (secondary N) is 2. The van der Waals surface area contributed by atoms with Gasteiger partial charge in [-0.25, -0.2) is 14.4 Å². The lowest BCUT2D eigenvalue weighted by Crippen LogP contribution is -2.60. The van der Waals surface area contributed by atoms with E-state index in [9.17, 15) is 14.4 Å². The molecule has 1 unspecified atom stereocenters. The van der Waals surface area contributed by atoms with Gasteiger partial charge in [-0.3, -0.25) is 23.7 Å². The third kappa shape index (κ3) is 6.41. The highest BCUT2D eigenvalue weighted by atomic mass is 35.5. The number of aryl methyl sites for hydroxylation is 1. The Morgan fingerprint density at radius 1 is 1.11 bits per heavy atom. The molecule has 0 radical (unpaired) electrons. The Hall–Kier alpha value is -4.16. The SMILES string of the molecule is CSNC(=O)c1nc(Cl)ccc1NC(C)c1cc(C)cc2c(=O)n(C)c(-c3ccc(N4CCN(C(C)=O)C(C)(C)C4)c(F)c3)nc12. The smallest absolute Gasteiger partial charge is 0.281 e. The molecule has 2 aromatic heterocycles. The van der Waals surface area contributed by atoms with Gasteiger partial charge in [-0.2, -0.15) is 0 Å². The van der Waals surface area contributed by atoms with Crippen LogP contribution in [0.3, 0.4) is 0 Å². The van der Waals surface area contributed by atoms with Crippen LogP contribution >= 0.6 is 23.5 Å². The number of fused-ring (bicyclic) bond motifs is 1. The zero-order valence-corrected chi connectivity index (χ0v) is 28.4. The minimum absolute atomic E-state index is 0.00536. The van der Waals surface area contributed by atoms with Crippen LogP contribution in [0.1, 0.15) is 55.4 Å². The molecule has 3 heterocycles. The van der Waals surface area contributed by atoms with Crippen molar-refractivity contribution in [2.24, 2.45) is 7.05 Å². The maximum absolute atomic E-state index is 15.8. The Morgan fingerprint density at radius 3 is 2.50 bits per heavy atom. The zero-order chi connectivity index (χ0) is 33.5. The summed E-state index contributed by atoms with van der Waals surface area (Å²) in [5.41, 5.74) is 2.81. The van der Waals surface area contributed by atoms with Crippen molar-refractivity contribution in [1.82, 2.24) is 24.2 Å². The maximum Gasteiger partial charge on any atom is 0.281 e. The van der Waals surface area contributed by atoms with E-state index in [1.165, 1.54) is 10.6 Å². The van der Waals surface area contributed by atoms with Gasteiger partial charge in [-0.15, -0.1) is 0 Å². The number of pyridine rings is 1. The van der Waals surface area contributed by atoms with Crippen LogP contribution in [-0.4, -0.2) is 62.7 Å². The first-order chi connectivity index (χ1) is 21.7. The van der Waals surface area contributed by atoms with Crippen molar-refractivity contribution in [3.05, 3.63) is 80.6 Å². The van der Waals surface area contributed by atoms with Crippen LogP contribution in [0, 0.1) is 12.7 Å². The van der Waals surface area contributed by atoms with Gasteiger partial charge in [0.05, 0.1) is 33.9 Å². The summed E-state index contributed by atoms with van der Waals surface area (Å²) in [6.45, 7) is 10.8. The van der Waals surface area contributed by atoms with E-state index >= 15 is 4.39 Å². The number of piperazine rings is 1. The molecule has 2 aromatic carbocycles. The molecule has 4 aromatic rings. The van der Waals surface area contributed by atoms with Gasteiger partial charge in [0.2, 0.25) is 5.91 Å². The second kappa shape index (κ2) is 12.9. The molecule has 5 rings (SSSR count). The van der Waals surface area contributed by atoms with Crippen molar-refractivity contribution in [2.45, 2.75) is 46.2 Å². The predicted octanol–water partition coefficient (Wildman–Crippen LogP) is 5.72. The molecule has 1 saturated heterocycles. The topological polar surface area (TPSA) is 112 Å². The fraction of sp³-hybridized carbons (Fsp3) is 0.364. The average Bonchev–Trinajstić information content (AvgIpc) is 2.99. The van der Waals surface area contributed by atoms with Crippen molar-refractivity contribution < 1.29 is 14.0 Å². The summed E-state index contributed by atoms with van der Waals surface area (Å²) < 4.78 is 19.9. The lowest BCUT2D eigenvalue weighted by molar-refractivity contribution is -0.134. The highest BCUT2D eigenvalue weighted by molar-refractivity contribution is 7.97. The number of hydrogen-bond acceptors (Lipinski definition) is 8. The van der Waals surface area contributed by atoms with Gasteiger partial charge in [0, 0.05) is 51.0 Å². The molecule has 0 spiro atoms. The summed E-state index contributed by atoms with van der Waals surface area (Å²) >= 11 is 7.25. The molecule has 0 aliphatic carbocycles. The fourth-order valence-electron chi connectivity index (χ4n) is 6.16. The first kappa shape index (κ1) is 33.2. The molecular formula is C33H37ClFN7O3S. The highest BCUT2D eigenvalue weighted by Crippen LogP contribution is 2.32. The number of nitrogens with zero attached hydrogens (tertiary/aromatic N) is 5. The Morgan fingerprint density at radius 2 is 1.85 bits per heavy atom. The summed E-state index contributed by atoms with van der Waals surface area (Å²) in [6, 6.07) is 11.5. The Labute approximate surface area is 276 Å². The van der Waals surface area contributed by atoms with Gasteiger partial charge in [0.25, 0.3) is 11.5 Å². The lowest BCUT2D eigenvalue weighted by Gasteiger charge is -2.47. The number of rotatable bonds is 7. The molecule has 10 nitrogen and oxygen atoms in total. The van der Waals surface area contributed by atoms with Crippen LogP contribution in [0.25, 0.3) is 22.3 Å². The number of carbonyl (C=O) groups excluding carboxylic acids is 2. The minimum Gasteiger partial charge on any atom is -0.377 e. The van der Waals surface area contributed by atoms with Crippen LogP contribution in [0.4, 0.5) is 15.8 Å². The largest absolute Gasteiger partial charge is 0.377 e. The van der Waals surface area contributed by atoms with Crippen LogP contribution < -0.4 is 20.5 Å². The van der Waals surface area contributed by atoms with E-state index in [0.717, 1.165) is 23.1 Å². The first-order valence-corrected chi connectivity index (χ1v) is 16.4. The van der Waals surface area contributed by atoms with E-state index in [0.29, 0.717) is 53.3 Å².